The van der Waals surface area contributed by atoms with Crippen LogP contribution in [-0.4, -0.2) is 0 Å². The van der Waals surface area contributed by atoms with Crippen molar-refractivity contribution in [2.45, 2.75) is 57.8 Å². The zero-order valence-electron chi connectivity index (χ0n) is 36.8. The predicted octanol–water partition coefficient (Wildman–Crippen LogP) is 16.6. The number of benzene rings is 8. The molecular weight excluding hydrogens is 766 g/mol. The van der Waals surface area contributed by atoms with Crippen LogP contribution in [0.15, 0.2) is 182 Å². The Labute approximate surface area is 371 Å². The summed E-state index contributed by atoms with van der Waals surface area (Å²) in [4.78, 5) is 2.10. The second-order valence-corrected chi connectivity index (χ2v) is 19.1. The van der Waals surface area contributed by atoms with Gasteiger partial charge in [-0.3, -0.25) is 0 Å². The third-order valence-electron chi connectivity index (χ3n) is 14.3. The van der Waals surface area contributed by atoms with Crippen LogP contribution in [0.25, 0.3) is 56.7 Å². The van der Waals surface area contributed by atoms with Gasteiger partial charge in [0, 0.05) is 33.2 Å². The van der Waals surface area contributed by atoms with Gasteiger partial charge in [-0.25, -0.2) is 4.39 Å². The van der Waals surface area contributed by atoms with Crippen LogP contribution in [0.3, 0.4) is 0 Å². The molecule has 0 unspecified atom stereocenters. The van der Waals surface area contributed by atoms with Gasteiger partial charge in [-0.1, -0.05) is 199 Å². The van der Waals surface area contributed by atoms with E-state index in [9.17, 15) is 0 Å². The molecular formula is C61H50FN. The third kappa shape index (κ3) is 6.03. The number of fused-ring (bicyclic) bond motifs is 7. The number of para-hydroxylation sites is 1. The first-order chi connectivity index (χ1) is 30.4. The van der Waals surface area contributed by atoms with Crippen LogP contribution in [0.4, 0.5) is 21.5 Å². The summed E-state index contributed by atoms with van der Waals surface area (Å²) in [5.41, 5.74) is 21.5. The zero-order chi connectivity index (χ0) is 43.3. The van der Waals surface area contributed by atoms with Gasteiger partial charge in [0.2, 0.25) is 0 Å². The van der Waals surface area contributed by atoms with E-state index in [2.05, 4.69) is 168 Å². The van der Waals surface area contributed by atoms with Gasteiger partial charge >= 0.3 is 0 Å². The molecule has 0 heterocycles. The van der Waals surface area contributed by atoms with E-state index in [1.807, 2.05) is 66.7 Å². The highest BCUT2D eigenvalue weighted by Crippen LogP contribution is 2.62. The van der Waals surface area contributed by atoms with Gasteiger partial charge in [-0.2, -0.15) is 0 Å². The summed E-state index contributed by atoms with van der Waals surface area (Å²) in [7, 11) is 0. The maximum Gasteiger partial charge on any atom is 0.148 e. The lowest BCUT2D eigenvalue weighted by Gasteiger charge is -2.30. The highest BCUT2D eigenvalue weighted by atomic mass is 19.1. The fourth-order valence-corrected chi connectivity index (χ4v) is 11.1. The van der Waals surface area contributed by atoms with E-state index in [1.54, 1.807) is 6.07 Å². The van der Waals surface area contributed by atoms with Gasteiger partial charge < -0.3 is 4.90 Å². The van der Waals surface area contributed by atoms with Crippen molar-refractivity contribution >= 4 is 40.4 Å². The Hall–Kier alpha value is -7.03. The second kappa shape index (κ2) is 14.3. The first-order valence-electron chi connectivity index (χ1n) is 22.2. The molecule has 0 bridgehead atoms. The molecule has 8 aromatic rings. The fourth-order valence-electron chi connectivity index (χ4n) is 11.1. The van der Waals surface area contributed by atoms with Gasteiger partial charge in [0.25, 0.3) is 0 Å². The summed E-state index contributed by atoms with van der Waals surface area (Å²) >= 11 is 0. The Bertz CT molecular complexity index is 3180. The fraction of sp³-hybridized carbons (Fsp3) is 0.148. The lowest BCUT2D eigenvalue weighted by molar-refractivity contribution is 0.629. The van der Waals surface area contributed by atoms with Crippen LogP contribution in [0.1, 0.15) is 86.1 Å². The van der Waals surface area contributed by atoms with E-state index in [4.69, 9.17) is 0 Å². The average molecular weight is 816 g/mol. The second-order valence-electron chi connectivity index (χ2n) is 19.1. The summed E-state index contributed by atoms with van der Waals surface area (Å²) in [5.74, 6) is -0.278. The molecule has 63 heavy (non-hydrogen) atoms. The highest BCUT2D eigenvalue weighted by molar-refractivity contribution is 6.09. The van der Waals surface area contributed by atoms with Gasteiger partial charge in [-0.05, 0) is 120 Å². The molecule has 3 aliphatic carbocycles. The molecule has 0 fully saturated rings. The van der Waals surface area contributed by atoms with Gasteiger partial charge in [0.15, 0.2) is 0 Å². The van der Waals surface area contributed by atoms with Crippen LogP contribution in [0.5, 0.6) is 0 Å². The Kier molecular flexibility index (Phi) is 8.80. The number of nitrogens with zero attached hydrogens (tertiary/aromatic N) is 1. The van der Waals surface area contributed by atoms with E-state index in [-0.39, 0.29) is 22.1 Å². The number of rotatable bonds is 7. The van der Waals surface area contributed by atoms with Crippen molar-refractivity contribution in [3.8, 4) is 33.4 Å². The van der Waals surface area contributed by atoms with Crippen molar-refractivity contribution < 1.29 is 4.39 Å². The van der Waals surface area contributed by atoms with Gasteiger partial charge in [0.1, 0.15) is 5.82 Å². The molecule has 8 aromatic carbocycles. The van der Waals surface area contributed by atoms with E-state index < -0.39 is 0 Å². The minimum atomic E-state index is -0.294. The van der Waals surface area contributed by atoms with E-state index >= 15 is 4.39 Å². The Balaban J connectivity index is 0.952. The number of halogens is 1. The molecule has 3 aliphatic rings. The molecule has 0 radical (unpaired) electrons. The molecule has 306 valence electrons. The largest absolute Gasteiger partial charge is 0.307 e. The highest BCUT2D eigenvalue weighted by Gasteiger charge is 2.49. The molecule has 0 saturated carbocycles. The van der Waals surface area contributed by atoms with Crippen LogP contribution >= 0.6 is 0 Å². The third-order valence-corrected chi connectivity index (χ3v) is 14.3. The molecule has 0 N–H and O–H groups in total. The first-order valence-corrected chi connectivity index (χ1v) is 22.2. The van der Waals surface area contributed by atoms with Crippen LogP contribution < -0.4 is 4.90 Å². The summed E-state index contributed by atoms with van der Waals surface area (Å²) in [5, 5.41) is 0. The summed E-state index contributed by atoms with van der Waals surface area (Å²) < 4.78 is 17.2. The standard InChI is InChI=1S/C61H50FN/c1-59(2)52-34-39(26-27-40-29-32-49-53(35-40)61(5,6)56-48-24-16-17-25-51(48)60(3,4)57(49)56)28-31-46(52)47-33-30-45(38-54(47)59)63(44-22-14-9-15-23-44)58-50(42-20-12-8-13-21-42)36-43(37-55(58)62)41-18-10-7-11-19-41/h7-38H,1-6H3/b27-26+. The van der Waals surface area contributed by atoms with Crippen LogP contribution in [-0.2, 0) is 16.2 Å². The number of hydrogen-bond acceptors (Lipinski definition) is 1. The van der Waals surface area contributed by atoms with Gasteiger partial charge in [-0.15, -0.1) is 0 Å². The lowest BCUT2D eigenvalue weighted by Crippen LogP contribution is -2.19. The van der Waals surface area contributed by atoms with Gasteiger partial charge in [0.05, 0.1) is 5.69 Å². The van der Waals surface area contributed by atoms with Crippen molar-refractivity contribution in [1.82, 2.24) is 0 Å². The van der Waals surface area contributed by atoms with Crippen molar-refractivity contribution in [3.05, 3.63) is 232 Å². The number of hydrogen-bond donors (Lipinski definition) is 0. The maximum atomic E-state index is 17.2. The maximum absolute atomic E-state index is 17.2. The minimum absolute atomic E-state index is 0.0311. The van der Waals surface area contributed by atoms with Crippen molar-refractivity contribution in [2.24, 2.45) is 0 Å². The zero-order valence-corrected chi connectivity index (χ0v) is 36.8. The van der Waals surface area contributed by atoms with Crippen molar-refractivity contribution in [2.75, 3.05) is 4.90 Å². The van der Waals surface area contributed by atoms with Crippen molar-refractivity contribution in [1.29, 1.82) is 0 Å². The molecule has 0 aliphatic heterocycles. The quantitative estimate of drug-likeness (QED) is 0.145. The summed E-state index contributed by atoms with van der Waals surface area (Å²) in [6, 6.07) is 63.9. The smallest absolute Gasteiger partial charge is 0.148 e. The number of allylic oxidation sites excluding steroid dienone is 2. The molecule has 0 amide bonds. The molecule has 0 aromatic heterocycles. The number of anilines is 3. The topological polar surface area (TPSA) is 3.24 Å². The Morgan fingerprint density at radius 2 is 0.857 bits per heavy atom. The Morgan fingerprint density at radius 3 is 1.51 bits per heavy atom. The predicted molar refractivity (Wildman–Crippen MR) is 264 cm³/mol. The lowest BCUT2D eigenvalue weighted by atomic mass is 9.75. The molecule has 11 rings (SSSR count). The monoisotopic (exact) mass is 815 g/mol. The molecule has 1 nitrogen and oxygen atoms in total. The minimum Gasteiger partial charge on any atom is -0.307 e. The Morgan fingerprint density at radius 1 is 0.365 bits per heavy atom. The van der Waals surface area contributed by atoms with Crippen molar-refractivity contribution in [3.63, 3.8) is 0 Å². The first kappa shape index (κ1) is 38.9. The van der Waals surface area contributed by atoms with E-state index in [0.29, 0.717) is 5.69 Å². The summed E-state index contributed by atoms with van der Waals surface area (Å²) in [6.45, 7) is 14.2. The van der Waals surface area contributed by atoms with E-state index in [1.165, 1.54) is 66.8 Å². The molecule has 0 saturated heterocycles. The van der Waals surface area contributed by atoms with Crippen LogP contribution in [0.2, 0.25) is 0 Å². The molecule has 0 spiro atoms. The average Bonchev–Trinajstić information content (AvgIpc) is 3.80. The molecule has 2 heteroatoms. The molecule has 0 atom stereocenters. The van der Waals surface area contributed by atoms with Crippen LogP contribution in [0, 0.1) is 5.82 Å². The normalized spacial score (nSPS) is 15.8. The summed E-state index contributed by atoms with van der Waals surface area (Å²) in [6.07, 6.45) is 4.53. The SMILES string of the molecule is CC1(C)C2=C(c3ccccc31)C(C)(C)c1cc(/C=C/c3ccc4c(c3)C(C)(C)c3cc(N(c5ccccc5)c5c(F)cc(-c6ccccc6)cc5-c5ccccc5)ccc3-4)ccc12. The van der Waals surface area contributed by atoms with E-state index in [0.717, 1.165) is 33.6 Å².